The standard InChI is InChI=1S/C20H23ClN6.ClH/c21-17-10-15-2-1-5-23-19(15)16(11-17)13-26-7-3-14(4-8-26)20-25-24-18-12-22-6-9-27(18)20;/h1-2,5,10-11,14,22H,3-4,6-9,12-13H2;1H. The van der Waals surface area contributed by atoms with E-state index in [1.54, 1.807) is 0 Å². The molecular formula is C20H24Cl2N6. The van der Waals surface area contributed by atoms with Crippen molar-refractivity contribution < 1.29 is 0 Å². The van der Waals surface area contributed by atoms with Gasteiger partial charge in [-0.05, 0) is 49.7 Å². The van der Waals surface area contributed by atoms with Crippen LogP contribution in [0.2, 0.25) is 5.02 Å². The minimum absolute atomic E-state index is 0. The number of hydrogen-bond donors (Lipinski definition) is 1. The van der Waals surface area contributed by atoms with E-state index < -0.39 is 0 Å². The van der Waals surface area contributed by atoms with Crippen molar-refractivity contribution in [3.63, 3.8) is 0 Å². The second kappa shape index (κ2) is 8.33. The molecule has 3 aromatic rings. The molecule has 2 aromatic heterocycles. The van der Waals surface area contributed by atoms with E-state index in [0.717, 1.165) is 73.9 Å². The summed E-state index contributed by atoms with van der Waals surface area (Å²) >= 11 is 6.33. The largest absolute Gasteiger partial charge is 0.312 e. The summed E-state index contributed by atoms with van der Waals surface area (Å²) < 4.78 is 2.32. The number of piperidine rings is 1. The summed E-state index contributed by atoms with van der Waals surface area (Å²) in [5.41, 5.74) is 2.27. The Bertz CT molecular complexity index is 964. The van der Waals surface area contributed by atoms with E-state index in [9.17, 15) is 0 Å². The molecule has 0 unspecified atom stereocenters. The Labute approximate surface area is 175 Å². The molecule has 0 amide bonds. The normalized spacial score (nSPS) is 18.0. The van der Waals surface area contributed by atoms with Crippen LogP contribution in [0.15, 0.2) is 30.5 Å². The zero-order valence-electron chi connectivity index (χ0n) is 15.6. The van der Waals surface area contributed by atoms with Crippen molar-refractivity contribution in [3.8, 4) is 0 Å². The van der Waals surface area contributed by atoms with E-state index in [4.69, 9.17) is 11.6 Å². The van der Waals surface area contributed by atoms with Crippen LogP contribution >= 0.6 is 24.0 Å². The molecule has 1 fully saturated rings. The van der Waals surface area contributed by atoms with Gasteiger partial charge in [0.05, 0.1) is 12.1 Å². The smallest absolute Gasteiger partial charge is 0.147 e. The molecule has 6 nitrogen and oxygen atoms in total. The van der Waals surface area contributed by atoms with Crippen LogP contribution in [-0.2, 0) is 19.6 Å². The molecule has 0 bridgehead atoms. The Morgan fingerprint density at radius 3 is 2.86 bits per heavy atom. The van der Waals surface area contributed by atoms with Crippen LogP contribution in [0.3, 0.4) is 0 Å². The Hall–Kier alpha value is -1.73. The number of nitrogens with one attached hydrogen (secondary N) is 1. The van der Waals surface area contributed by atoms with Gasteiger partial charge in [-0.3, -0.25) is 9.88 Å². The summed E-state index contributed by atoms with van der Waals surface area (Å²) in [4.78, 5) is 7.08. The average molecular weight is 419 g/mol. The number of pyridine rings is 1. The van der Waals surface area contributed by atoms with Gasteiger partial charge >= 0.3 is 0 Å². The third-order valence-electron chi connectivity index (χ3n) is 5.75. The number of benzene rings is 1. The maximum atomic E-state index is 6.33. The number of halogens is 2. The first kappa shape index (κ1) is 19.6. The van der Waals surface area contributed by atoms with Gasteiger partial charge in [0, 0.05) is 42.2 Å². The lowest BCUT2D eigenvalue weighted by Crippen LogP contribution is -2.34. The molecule has 0 atom stereocenters. The van der Waals surface area contributed by atoms with Crippen LogP contribution in [-0.4, -0.2) is 44.3 Å². The Balaban J connectivity index is 0.00000192. The molecule has 4 heterocycles. The third kappa shape index (κ3) is 3.74. The van der Waals surface area contributed by atoms with Crippen molar-refractivity contribution in [1.82, 2.24) is 30.0 Å². The van der Waals surface area contributed by atoms with Gasteiger partial charge in [-0.15, -0.1) is 22.6 Å². The van der Waals surface area contributed by atoms with E-state index in [-0.39, 0.29) is 12.4 Å². The first-order chi connectivity index (χ1) is 13.3. The number of rotatable bonds is 3. The first-order valence-corrected chi connectivity index (χ1v) is 10.0. The Morgan fingerprint density at radius 2 is 2.00 bits per heavy atom. The summed E-state index contributed by atoms with van der Waals surface area (Å²) in [6.45, 7) is 5.84. The molecule has 0 aliphatic carbocycles. The molecular weight excluding hydrogens is 395 g/mol. The fourth-order valence-electron chi connectivity index (χ4n) is 4.35. The van der Waals surface area contributed by atoms with E-state index in [0.29, 0.717) is 5.92 Å². The van der Waals surface area contributed by atoms with Crippen molar-refractivity contribution in [1.29, 1.82) is 0 Å². The second-order valence-corrected chi connectivity index (χ2v) is 7.93. The first-order valence-electron chi connectivity index (χ1n) is 9.66. The molecule has 1 aromatic carbocycles. The SMILES string of the molecule is Cl.Clc1cc(CN2CCC(c3nnc4n3CCNC4)CC2)c2ncccc2c1. The molecule has 0 saturated carbocycles. The van der Waals surface area contributed by atoms with Crippen LogP contribution in [0, 0.1) is 0 Å². The lowest BCUT2D eigenvalue weighted by atomic mass is 9.95. The van der Waals surface area contributed by atoms with E-state index in [1.165, 1.54) is 11.4 Å². The van der Waals surface area contributed by atoms with Crippen LogP contribution < -0.4 is 5.32 Å². The van der Waals surface area contributed by atoms with Gasteiger partial charge in [0.1, 0.15) is 11.6 Å². The van der Waals surface area contributed by atoms with Crippen molar-refractivity contribution in [2.45, 2.75) is 38.4 Å². The van der Waals surface area contributed by atoms with Gasteiger partial charge in [-0.1, -0.05) is 17.7 Å². The molecule has 0 radical (unpaired) electrons. The Kier molecular flexibility index (Phi) is 5.83. The van der Waals surface area contributed by atoms with Gasteiger partial charge in [-0.2, -0.15) is 0 Å². The summed E-state index contributed by atoms with van der Waals surface area (Å²) in [6.07, 6.45) is 4.10. The highest BCUT2D eigenvalue weighted by molar-refractivity contribution is 6.31. The quantitative estimate of drug-likeness (QED) is 0.706. The van der Waals surface area contributed by atoms with Crippen LogP contribution in [0.1, 0.15) is 36.0 Å². The summed E-state index contributed by atoms with van der Waals surface area (Å²) in [7, 11) is 0. The molecule has 2 aliphatic heterocycles. The monoisotopic (exact) mass is 418 g/mol. The molecule has 1 N–H and O–H groups in total. The predicted molar refractivity (Wildman–Crippen MR) is 113 cm³/mol. The van der Waals surface area contributed by atoms with Crippen LogP contribution in [0.5, 0.6) is 0 Å². The highest BCUT2D eigenvalue weighted by Crippen LogP contribution is 2.30. The fourth-order valence-corrected chi connectivity index (χ4v) is 4.60. The number of fused-ring (bicyclic) bond motifs is 2. The maximum Gasteiger partial charge on any atom is 0.147 e. The molecule has 8 heteroatoms. The zero-order valence-corrected chi connectivity index (χ0v) is 17.2. The van der Waals surface area contributed by atoms with E-state index >= 15 is 0 Å². The fraction of sp³-hybridized carbons (Fsp3) is 0.450. The summed E-state index contributed by atoms with van der Waals surface area (Å²) in [6, 6.07) is 8.09. The van der Waals surface area contributed by atoms with E-state index in [1.807, 2.05) is 18.3 Å². The summed E-state index contributed by atoms with van der Waals surface area (Å²) in [5.74, 6) is 2.77. The minimum Gasteiger partial charge on any atom is -0.312 e. The third-order valence-corrected chi connectivity index (χ3v) is 5.96. The van der Waals surface area contributed by atoms with Crippen molar-refractivity contribution >= 4 is 34.9 Å². The van der Waals surface area contributed by atoms with Crippen LogP contribution in [0.4, 0.5) is 0 Å². The van der Waals surface area contributed by atoms with Gasteiger partial charge < -0.3 is 9.88 Å². The van der Waals surface area contributed by atoms with E-state index in [2.05, 4.69) is 42.1 Å². The highest BCUT2D eigenvalue weighted by Gasteiger charge is 2.27. The van der Waals surface area contributed by atoms with Crippen LogP contribution in [0.25, 0.3) is 10.9 Å². The number of hydrogen-bond acceptors (Lipinski definition) is 5. The zero-order chi connectivity index (χ0) is 18.2. The topological polar surface area (TPSA) is 58.9 Å². The number of likely N-dealkylation sites (tertiary alicyclic amines) is 1. The van der Waals surface area contributed by atoms with Gasteiger partial charge in [-0.25, -0.2) is 0 Å². The highest BCUT2D eigenvalue weighted by atomic mass is 35.5. The number of aromatic nitrogens is 4. The predicted octanol–water partition coefficient (Wildman–Crippen LogP) is 3.38. The molecule has 1 saturated heterocycles. The average Bonchev–Trinajstić information content (AvgIpc) is 3.13. The minimum atomic E-state index is 0. The molecule has 0 spiro atoms. The summed E-state index contributed by atoms with van der Waals surface area (Å²) in [5, 5.41) is 14.1. The number of nitrogens with zero attached hydrogens (tertiary/aromatic N) is 5. The van der Waals surface area contributed by atoms with Crippen molar-refractivity contribution in [2.75, 3.05) is 19.6 Å². The van der Waals surface area contributed by atoms with Gasteiger partial charge in [0.25, 0.3) is 0 Å². The van der Waals surface area contributed by atoms with Gasteiger partial charge in [0.15, 0.2) is 0 Å². The maximum absolute atomic E-state index is 6.33. The molecule has 148 valence electrons. The molecule has 2 aliphatic rings. The lowest BCUT2D eigenvalue weighted by Gasteiger charge is -2.32. The van der Waals surface area contributed by atoms with Crippen molar-refractivity contribution in [2.24, 2.45) is 0 Å². The second-order valence-electron chi connectivity index (χ2n) is 7.49. The Morgan fingerprint density at radius 1 is 1.14 bits per heavy atom. The lowest BCUT2D eigenvalue weighted by molar-refractivity contribution is 0.200. The molecule has 5 rings (SSSR count). The molecule has 28 heavy (non-hydrogen) atoms. The van der Waals surface area contributed by atoms with Gasteiger partial charge in [0.2, 0.25) is 0 Å². The van der Waals surface area contributed by atoms with Crippen molar-refractivity contribution in [3.05, 3.63) is 52.7 Å².